The van der Waals surface area contributed by atoms with Gasteiger partial charge in [0, 0.05) is 5.02 Å². The smallest absolute Gasteiger partial charge is 0.0740 e. The number of nitrogen functional groups attached to an aromatic ring is 1. The number of anilines is 1. The van der Waals surface area contributed by atoms with Crippen LogP contribution in [0.4, 0.5) is 5.69 Å². The molecule has 2 aromatic rings. The predicted molar refractivity (Wildman–Crippen MR) is 71.8 cm³/mol. The van der Waals surface area contributed by atoms with Crippen molar-refractivity contribution in [3.05, 3.63) is 40.7 Å². The number of aryl methyl sites for hydroxylation is 1. The highest BCUT2D eigenvalue weighted by molar-refractivity contribution is 6.31. The summed E-state index contributed by atoms with van der Waals surface area (Å²) in [5, 5.41) is 5.05. The quantitative estimate of drug-likeness (QED) is 0.885. The zero-order chi connectivity index (χ0) is 12.6. The third kappa shape index (κ3) is 2.15. The van der Waals surface area contributed by atoms with Crippen molar-refractivity contribution in [2.45, 2.75) is 26.7 Å². The average molecular weight is 250 g/mol. The van der Waals surface area contributed by atoms with Crippen LogP contribution in [0.5, 0.6) is 0 Å². The van der Waals surface area contributed by atoms with Crippen LogP contribution in [0.25, 0.3) is 5.69 Å². The standard InChI is InChI=1S/C13H16ClN3/c1-8(2)13-12(15)7-16-17(13)10-5-4-9(3)11(14)6-10/h4-8H,15H2,1-3H3. The molecule has 0 aliphatic rings. The molecule has 0 radical (unpaired) electrons. The Morgan fingerprint density at radius 2 is 2.06 bits per heavy atom. The van der Waals surface area contributed by atoms with Crippen molar-refractivity contribution in [1.82, 2.24) is 9.78 Å². The monoisotopic (exact) mass is 249 g/mol. The largest absolute Gasteiger partial charge is 0.396 e. The Bertz CT molecular complexity index is 544. The molecule has 0 fully saturated rings. The second kappa shape index (κ2) is 4.41. The first-order valence-electron chi connectivity index (χ1n) is 5.60. The zero-order valence-electron chi connectivity index (χ0n) is 10.2. The summed E-state index contributed by atoms with van der Waals surface area (Å²) >= 11 is 6.13. The minimum Gasteiger partial charge on any atom is -0.396 e. The molecule has 0 saturated heterocycles. The molecule has 17 heavy (non-hydrogen) atoms. The summed E-state index contributed by atoms with van der Waals surface area (Å²) < 4.78 is 1.85. The summed E-state index contributed by atoms with van der Waals surface area (Å²) in [6.45, 7) is 6.17. The number of hydrogen-bond acceptors (Lipinski definition) is 2. The lowest BCUT2D eigenvalue weighted by molar-refractivity contribution is 0.736. The molecule has 0 unspecified atom stereocenters. The van der Waals surface area contributed by atoms with Gasteiger partial charge in [0.2, 0.25) is 0 Å². The van der Waals surface area contributed by atoms with E-state index >= 15 is 0 Å². The van der Waals surface area contributed by atoms with E-state index in [1.54, 1.807) is 6.20 Å². The lowest BCUT2D eigenvalue weighted by Crippen LogP contribution is -2.05. The minimum atomic E-state index is 0.317. The highest BCUT2D eigenvalue weighted by Gasteiger charge is 2.13. The van der Waals surface area contributed by atoms with Crippen molar-refractivity contribution in [3.63, 3.8) is 0 Å². The lowest BCUT2D eigenvalue weighted by Gasteiger charge is -2.12. The molecule has 1 heterocycles. The van der Waals surface area contributed by atoms with E-state index in [1.807, 2.05) is 29.8 Å². The van der Waals surface area contributed by atoms with Gasteiger partial charge in [0.1, 0.15) is 0 Å². The number of nitrogens with two attached hydrogens (primary N) is 1. The maximum atomic E-state index is 6.13. The van der Waals surface area contributed by atoms with Crippen molar-refractivity contribution < 1.29 is 0 Å². The first-order chi connectivity index (χ1) is 8.00. The summed E-state index contributed by atoms with van der Waals surface area (Å²) in [6, 6.07) is 5.90. The van der Waals surface area contributed by atoms with Crippen LogP contribution in [0, 0.1) is 6.92 Å². The van der Waals surface area contributed by atoms with Crippen molar-refractivity contribution in [1.29, 1.82) is 0 Å². The van der Waals surface area contributed by atoms with Crippen molar-refractivity contribution in [2.24, 2.45) is 0 Å². The van der Waals surface area contributed by atoms with Gasteiger partial charge in [-0.05, 0) is 30.5 Å². The van der Waals surface area contributed by atoms with Crippen LogP contribution >= 0.6 is 11.6 Å². The van der Waals surface area contributed by atoms with Gasteiger partial charge in [-0.25, -0.2) is 4.68 Å². The Morgan fingerprint density at radius 1 is 1.35 bits per heavy atom. The van der Waals surface area contributed by atoms with Gasteiger partial charge in [-0.1, -0.05) is 31.5 Å². The number of aromatic nitrogens is 2. The molecule has 1 aromatic carbocycles. The summed E-state index contributed by atoms with van der Waals surface area (Å²) in [4.78, 5) is 0. The molecule has 4 heteroatoms. The van der Waals surface area contributed by atoms with Gasteiger partial charge in [0.15, 0.2) is 0 Å². The van der Waals surface area contributed by atoms with Gasteiger partial charge in [-0.2, -0.15) is 5.10 Å². The molecule has 0 saturated carbocycles. The molecule has 3 nitrogen and oxygen atoms in total. The Morgan fingerprint density at radius 3 is 2.65 bits per heavy atom. The minimum absolute atomic E-state index is 0.317. The van der Waals surface area contributed by atoms with Gasteiger partial charge in [-0.3, -0.25) is 0 Å². The van der Waals surface area contributed by atoms with Crippen molar-refractivity contribution in [3.8, 4) is 5.69 Å². The average Bonchev–Trinajstić information content (AvgIpc) is 2.64. The number of hydrogen-bond donors (Lipinski definition) is 1. The number of nitrogens with zero attached hydrogens (tertiary/aromatic N) is 2. The summed E-state index contributed by atoms with van der Waals surface area (Å²) in [5.74, 6) is 0.317. The Balaban J connectivity index is 2.56. The first kappa shape index (κ1) is 12.0. The van der Waals surface area contributed by atoms with Crippen molar-refractivity contribution in [2.75, 3.05) is 5.73 Å². The van der Waals surface area contributed by atoms with E-state index in [0.717, 1.165) is 27.7 Å². The fraction of sp³-hybridized carbons (Fsp3) is 0.308. The molecule has 0 atom stereocenters. The van der Waals surface area contributed by atoms with Crippen LogP contribution in [0.3, 0.4) is 0 Å². The maximum Gasteiger partial charge on any atom is 0.0740 e. The molecule has 2 N–H and O–H groups in total. The fourth-order valence-corrected chi connectivity index (χ4v) is 2.04. The van der Waals surface area contributed by atoms with Gasteiger partial charge in [-0.15, -0.1) is 0 Å². The Kier molecular flexibility index (Phi) is 3.11. The second-order valence-electron chi connectivity index (χ2n) is 4.49. The van der Waals surface area contributed by atoms with E-state index < -0.39 is 0 Å². The molecular formula is C13H16ClN3. The van der Waals surface area contributed by atoms with Crippen LogP contribution in [-0.2, 0) is 0 Å². The summed E-state index contributed by atoms with van der Waals surface area (Å²) in [5.41, 5.74) is 9.67. The maximum absolute atomic E-state index is 6.13. The van der Waals surface area contributed by atoms with E-state index in [0.29, 0.717) is 5.92 Å². The van der Waals surface area contributed by atoms with Crippen LogP contribution in [0.2, 0.25) is 5.02 Å². The predicted octanol–water partition coefficient (Wildman–Crippen LogP) is 3.54. The Hall–Kier alpha value is -1.48. The van der Waals surface area contributed by atoms with E-state index in [1.165, 1.54) is 0 Å². The van der Waals surface area contributed by atoms with Crippen LogP contribution in [0.1, 0.15) is 31.0 Å². The molecule has 0 spiro atoms. The third-order valence-electron chi connectivity index (χ3n) is 2.78. The van der Waals surface area contributed by atoms with Gasteiger partial charge in [0.05, 0.1) is 23.3 Å². The molecule has 1 aromatic heterocycles. The highest BCUT2D eigenvalue weighted by atomic mass is 35.5. The van der Waals surface area contributed by atoms with Crippen LogP contribution in [-0.4, -0.2) is 9.78 Å². The van der Waals surface area contributed by atoms with E-state index in [4.69, 9.17) is 17.3 Å². The molecule has 90 valence electrons. The molecule has 2 rings (SSSR count). The summed E-state index contributed by atoms with van der Waals surface area (Å²) in [6.07, 6.45) is 1.68. The molecule has 0 bridgehead atoms. The lowest BCUT2D eigenvalue weighted by atomic mass is 10.1. The fourth-order valence-electron chi connectivity index (χ4n) is 1.87. The molecular weight excluding hydrogens is 234 g/mol. The number of rotatable bonds is 2. The number of halogens is 1. The van der Waals surface area contributed by atoms with Crippen molar-refractivity contribution >= 4 is 17.3 Å². The highest BCUT2D eigenvalue weighted by Crippen LogP contribution is 2.26. The Labute approximate surface area is 106 Å². The normalized spacial score (nSPS) is 11.1. The molecule has 0 amide bonds. The topological polar surface area (TPSA) is 43.8 Å². The van der Waals surface area contributed by atoms with Gasteiger partial charge in [0.25, 0.3) is 0 Å². The number of benzene rings is 1. The zero-order valence-corrected chi connectivity index (χ0v) is 11.0. The van der Waals surface area contributed by atoms with Crippen LogP contribution < -0.4 is 5.73 Å². The van der Waals surface area contributed by atoms with E-state index in [9.17, 15) is 0 Å². The van der Waals surface area contributed by atoms with Gasteiger partial charge < -0.3 is 5.73 Å². The van der Waals surface area contributed by atoms with E-state index in [-0.39, 0.29) is 0 Å². The molecule has 0 aliphatic carbocycles. The van der Waals surface area contributed by atoms with E-state index in [2.05, 4.69) is 18.9 Å². The molecule has 0 aliphatic heterocycles. The SMILES string of the molecule is Cc1ccc(-n2ncc(N)c2C(C)C)cc1Cl. The van der Waals surface area contributed by atoms with Crippen LogP contribution in [0.15, 0.2) is 24.4 Å². The first-order valence-corrected chi connectivity index (χ1v) is 5.98. The second-order valence-corrected chi connectivity index (χ2v) is 4.89. The summed E-state index contributed by atoms with van der Waals surface area (Å²) in [7, 11) is 0. The van der Waals surface area contributed by atoms with Gasteiger partial charge >= 0.3 is 0 Å². The third-order valence-corrected chi connectivity index (χ3v) is 3.19.